The van der Waals surface area contributed by atoms with Gasteiger partial charge in [-0.2, -0.15) is 0 Å². The Morgan fingerprint density at radius 2 is 1.71 bits per heavy atom. The standard InChI is InChI=1S/C12H13NO3S/c1-16-12-8-4-5-9-10(12)6-3-7-11(9)13-17(2,14)15/h3-8,13H,1-2H3. The van der Waals surface area contributed by atoms with Crippen LogP contribution >= 0.6 is 0 Å². The summed E-state index contributed by atoms with van der Waals surface area (Å²) in [6.45, 7) is 0. The quantitative estimate of drug-likeness (QED) is 0.910. The van der Waals surface area contributed by atoms with Crippen molar-refractivity contribution in [2.45, 2.75) is 0 Å². The predicted molar refractivity (Wildman–Crippen MR) is 69.0 cm³/mol. The lowest BCUT2D eigenvalue weighted by Gasteiger charge is -2.10. The maximum atomic E-state index is 11.3. The molecule has 2 aromatic rings. The van der Waals surface area contributed by atoms with Crippen LogP contribution < -0.4 is 9.46 Å². The van der Waals surface area contributed by atoms with Gasteiger partial charge in [-0.05, 0) is 12.1 Å². The number of benzene rings is 2. The van der Waals surface area contributed by atoms with Crippen LogP contribution in [0.4, 0.5) is 5.69 Å². The molecular formula is C12H13NO3S. The van der Waals surface area contributed by atoms with Gasteiger partial charge in [-0.1, -0.05) is 24.3 Å². The summed E-state index contributed by atoms with van der Waals surface area (Å²) in [5.74, 6) is 0.722. The molecule has 2 rings (SSSR count). The number of fused-ring (bicyclic) bond motifs is 1. The monoisotopic (exact) mass is 251 g/mol. The first-order chi connectivity index (χ1) is 8.01. The van der Waals surface area contributed by atoms with Gasteiger partial charge in [0.15, 0.2) is 0 Å². The van der Waals surface area contributed by atoms with E-state index in [0.29, 0.717) is 5.69 Å². The summed E-state index contributed by atoms with van der Waals surface area (Å²) in [6, 6.07) is 10.9. The smallest absolute Gasteiger partial charge is 0.229 e. The zero-order chi connectivity index (χ0) is 12.5. The second-order valence-corrected chi connectivity index (χ2v) is 5.48. The molecule has 0 saturated heterocycles. The minimum absolute atomic E-state index is 0.559. The SMILES string of the molecule is COc1cccc2c(NS(C)(=O)=O)cccc12. The van der Waals surface area contributed by atoms with E-state index < -0.39 is 10.0 Å². The molecule has 0 spiro atoms. The lowest BCUT2D eigenvalue weighted by molar-refractivity contribution is 0.420. The summed E-state index contributed by atoms with van der Waals surface area (Å²) in [5, 5.41) is 1.70. The van der Waals surface area contributed by atoms with E-state index in [1.165, 1.54) is 0 Å². The first-order valence-corrected chi connectivity index (χ1v) is 6.94. The van der Waals surface area contributed by atoms with Gasteiger partial charge in [-0.15, -0.1) is 0 Å². The molecule has 0 bridgehead atoms. The molecule has 0 unspecified atom stereocenters. The second-order valence-electron chi connectivity index (χ2n) is 3.74. The van der Waals surface area contributed by atoms with Crippen molar-refractivity contribution < 1.29 is 13.2 Å². The van der Waals surface area contributed by atoms with Gasteiger partial charge in [-0.25, -0.2) is 8.42 Å². The molecule has 0 aliphatic rings. The molecule has 0 atom stereocenters. The molecule has 0 aliphatic heterocycles. The number of methoxy groups -OCH3 is 1. The fraction of sp³-hybridized carbons (Fsp3) is 0.167. The van der Waals surface area contributed by atoms with E-state index in [4.69, 9.17) is 4.74 Å². The van der Waals surface area contributed by atoms with E-state index in [2.05, 4.69) is 4.72 Å². The normalized spacial score (nSPS) is 11.4. The minimum atomic E-state index is -3.28. The summed E-state index contributed by atoms with van der Waals surface area (Å²) in [7, 11) is -1.69. The summed E-state index contributed by atoms with van der Waals surface area (Å²) in [6.07, 6.45) is 1.13. The number of hydrogen-bond acceptors (Lipinski definition) is 3. The molecule has 0 heterocycles. The van der Waals surface area contributed by atoms with E-state index in [1.54, 1.807) is 19.2 Å². The second kappa shape index (κ2) is 4.25. The fourth-order valence-corrected chi connectivity index (χ4v) is 2.33. The molecule has 5 heteroatoms. The summed E-state index contributed by atoms with van der Waals surface area (Å²) >= 11 is 0. The Morgan fingerprint density at radius 3 is 2.35 bits per heavy atom. The van der Waals surface area contributed by atoms with Crippen LogP contribution in [0.15, 0.2) is 36.4 Å². The topological polar surface area (TPSA) is 55.4 Å². The van der Waals surface area contributed by atoms with Crippen LogP contribution in [0.3, 0.4) is 0 Å². The zero-order valence-corrected chi connectivity index (χ0v) is 10.4. The molecule has 17 heavy (non-hydrogen) atoms. The molecule has 0 aliphatic carbocycles. The Kier molecular flexibility index (Phi) is 2.93. The first-order valence-electron chi connectivity index (χ1n) is 5.05. The zero-order valence-electron chi connectivity index (χ0n) is 9.60. The molecule has 2 aromatic carbocycles. The first kappa shape index (κ1) is 11.7. The van der Waals surface area contributed by atoms with Crippen LogP contribution in [0.1, 0.15) is 0 Å². The van der Waals surface area contributed by atoms with Crippen LogP contribution in [0.2, 0.25) is 0 Å². The fourth-order valence-electron chi connectivity index (χ4n) is 1.75. The van der Waals surface area contributed by atoms with E-state index >= 15 is 0 Å². The minimum Gasteiger partial charge on any atom is -0.496 e. The number of nitrogens with one attached hydrogen (secondary N) is 1. The molecule has 0 fully saturated rings. The van der Waals surface area contributed by atoms with Crippen LogP contribution in [0.5, 0.6) is 5.75 Å². The Morgan fingerprint density at radius 1 is 1.06 bits per heavy atom. The van der Waals surface area contributed by atoms with Crippen LogP contribution in [-0.2, 0) is 10.0 Å². The van der Waals surface area contributed by atoms with Crippen molar-refractivity contribution in [2.24, 2.45) is 0 Å². The average molecular weight is 251 g/mol. The van der Waals surface area contributed by atoms with Crippen molar-refractivity contribution >= 4 is 26.5 Å². The Hall–Kier alpha value is -1.75. The van der Waals surface area contributed by atoms with E-state index in [9.17, 15) is 8.42 Å². The summed E-state index contributed by atoms with van der Waals surface area (Å²) in [5.41, 5.74) is 0.559. The maximum absolute atomic E-state index is 11.3. The Bertz CT molecular complexity index is 650. The number of hydrogen-bond donors (Lipinski definition) is 1. The highest BCUT2D eigenvalue weighted by molar-refractivity contribution is 7.92. The van der Waals surface area contributed by atoms with Crippen molar-refractivity contribution in [1.82, 2.24) is 0 Å². The van der Waals surface area contributed by atoms with Gasteiger partial charge in [0.05, 0.1) is 19.1 Å². The number of ether oxygens (including phenoxy) is 1. The van der Waals surface area contributed by atoms with Crippen molar-refractivity contribution in [3.63, 3.8) is 0 Å². The number of rotatable bonds is 3. The third kappa shape index (κ3) is 2.50. The van der Waals surface area contributed by atoms with Crippen molar-refractivity contribution in [3.05, 3.63) is 36.4 Å². The molecule has 1 N–H and O–H groups in total. The summed E-state index contributed by atoms with van der Waals surface area (Å²) in [4.78, 5) is 0. The highest BCUT2D eigenvalue weighted by Crippen LogP contribution is 2.30. The molecule has 0 saturated carbocycles. The van der Waals surface area contributed by atoms with E-state index in [0.717, 1.165) is 22.8 Å². The largest absolute Gasteiger partial charge is 0.496 e. The van der Waals surface area contributed by atoms with Gasteiger partial charge in [0.2, 0.25) is 10.0 Å². The van der Waals surface area contributed by atoms with Gasteiger partial charge in [0.25, 0.3) is 0 Å². The maximum Gasteiger partial charge on any atom is 0.229 e. The van der Waals surface area contributed by atoms with E-state index in [-0.39, 0.29) is 0 Å². The average Bonchev–Trinajstić information content (AvgIpc) is 2.27. The molecular weight excluding hydrogens is 238 g/mol. The van der Waals surface area contributed by atoms with Crippen molar-refractivity contribution in [3.8, 4) is 5.75 Å². The van der Waals surface area contributed by atoms with Gasteiger partial charge in [0, 0.05) is 10.8 Å². The van der Waals surface area contributed by atoms with Crippen molar-refractivity contribution in [2.75, 3.05) is 18.1 Å². The molecule has 90 valence electrons. The van der Waals surface area contributed by atoms with Crippen molar-refractivity contribution in [1.29, 1.82) is 0 Å². The Balaban J connectivity index is 2.66. The predicted octanol–water partition coefficient (Wildman–Crippen LogP) is 2.22. The van der Waals surface area contributed by atoms with E-state index in [1.807, 2.05) is 24.3 Å². The van der Waals surface area contributed by atoms with Gasteiger partial charge >= 0.3 is 0 Å². The van der Waals surface area contributed by atoms with Crippen LogP contribution in [0, 0.1) is 0 Å². The highest BCUT2D eigenvalue weighted by Gasteiger charge is 2.08. The molecule has 0 aromatic heterocycles. The number of sulfonamides is 1. The molecule has 0 radical (unpaired) electrons. The van der Waals surface area contributed by atoms with Crippen LogP contribution in [-0.4, -0.2) is 21.8 Å². The lowest BCUT2D eigenvalue weighted by atomic mass is 10.1. The van der Waals surface area contributed by atoms with Gasteiger partial charge < -0.3 is 4.74 Å². The van der Waals surface area contributed by atoms with Gasteiger partial charge in [-0.3, -0.25) is 4.72 Å². The third-order valence-corrected chi connectivity index (χ3v) is 2.99. The lowest BCUT2D eigenvalue weighted by Crippen LogP contribution is -2.09. The molecule has 4 nitrogen and oxygen atoms in total. The van der Waals surface area contributed by atoms with Crippen LogP contribution in [0.25, 0.3) is 10.8 Å². The Labute approximate surface area is 100 Å². The summed E-state index contributed by atoms with van der Waals surface area (Å²) < 4.78 is 30.2. The third-order valence-electron chi connectivity index (χ3n) is 2.40. The number of anilines is 1. The molecule has 0 amide bonds. The highest BCUT2D eigenvalue weighted by atomic mass is 32.2. The van der Waals surface area contributed by atoms with Gasteiger partial charge in [0.1, 0.15) is 5.75 Å².